The first-order valence-corrected chi connectivity index (χ1v) is 10.6. The van der Waals surface area contributed by atoms with Crippen molar-refractivity contribution < 1.29 is 4.79 Å². The van der Waals surface area contributed by atoms with Crippen molar-refractivity contribution >= 4 is 33.3 Å². The average molecular weight is 398 g/mol. The zero-order valence-corrected chi connectivity index (χ0v) is 16.7. The zero-order valence-electron chi connectivity index (χ0n) is 15.9. The molecule has 0 aliphatic carbocycles. The van der Waals surface area contributed by atoms with Gasteiger partial charge >= 0.3 is 0 Å². The Labute approximate surface area is 166 Å². The largest absolute Gasteiger partial charge is 0.296 e. The van der Waals surface area contributed by atoms with E-state index in [9.17, 15) is 9.59 Å². The van der Waals surface area contributed by atoms with Gasteiger partial charge in [-0.3, -0.25) is 19.5 Å². The van der Waals surface area contributed by atoms with Gasteiger partial charge in [0.15, 0.2) is 0 Å². The van der Waals surface area contributed by atoms with E-state index in [-0.39, 0.29) is 11.5 Å². The van der Waals surface area contributed by atoms with Crippen LogP contribution < -0.4 is 10.9 Å². The molecule has 2 aromatic heterocycles. The third-order valence-electron chi connectivity index (χ3n) is 4.98. The number of fused-ring (bicyclic) bond motifs is 2. The monoisotopic (exact) mass is 397 g/mol. The number of hydrogen-bond donors (Lipinski definition) is 1. The van der Waals surface area contributed by atoms with Crippen molar-refractivity contribution in [3.8, 4) is 0 Å². The van der Waals surface area contributed by atoms with Crippen molar-refractivity contribution in [2.75, 3.05) is 5.32 Å². The van der Waals surface area contributed by atoms with Crippen molar-refractivity contribution in [3.05, 3.63) is 44.9 Å². The summed E-state index contributed by atoms with van der Waals surface area (Å²) in [4.78, 5) is 30.2. The summed E-state index contributed by atoms with van der Waals surface area (Å²) in [6.45, 7) is 2.79. The van der Waals surface area contributed by atoms with Crippen LogP contribution in [0.2, 0.25) is 0 Å². The molecule has 1 aliphatic rings. The van der Waals surface area contributed by atoms with Crippen LogP contribution in [-0.4, -0.2) is 25.7 Å². The normalized spacial score (nSPS) is 14.3. The molecule has 0 fully saturated rings. The maximum atomic E-state index is 12.9. The zero-order chi connectivity index (χ0) is 19.5. The van der Waals surface area contributed by atoms with Crippen LogP contribution in [0.25, 0.3) is 10.9 Å². The first-order valence-electron chi connectivity index (χ1n) is 9.83. The number of carbonyl (C=O) groups is 1. The lowest BCUT2D eigenvalue weighted by Gasteiger charge is -2.16. The molecule has 0 saturated carbocycles. The highest BCUT2D eigenvalue weighted by molar-refractivity contribution is 7.15. The number of nitrogens with zero attached hydrogens (tertiary/aromatic N) is 4. The van der Waals surface area contributed by atoms with E-state index in [1.807, 2.05) is 0 Å². The minimum absolute atomic E-state index is 0.0119. The average Bonchev–Trinajstić information content (AvgIpc) is 3.10. The molecule has 0 saturated heterocycles. The van der Waals surface area contributed by atoms with Gasteiger partial charge in [0.1, 0.15) is 10.8 Å². The maximum Gasteiger partial charge on any atom is 0.261 e. The minimum atomic E-state index is -0.269. The van der Waals surface area contributed by atoms with Gasteiger partial charge in [-0.25, -0.2) is 4.98 Å². The Bertz CT molecular complexity index is 1070. The number of nitrogens with one attached hydrogen (secondary N) is 1. The van der Waals surface area contributed by atoms with Gasteiger partial charge in [0, 0.05) is 24.9 Å². The van der Waals surface area contributed by atoms with Crippen LogP contribution in [0.5, 0.6) is 0 Å². The van der Waals surface area contributed by atoms with E-state index in [1.165, 1.54) is 11.3 Å². The summed E-state index contributed by atoms with van der Waals surface area (Å²) in [7, 11) is 0. The van der Waals surface area contributed by atoms with Gasteiger partial charge in [0.05, 0.1) is 10.9 Å². The van der Waals surface area contributed by atoms with Crippen LogP contribution in [0.3, 0.4) is 0 Å². The third kappa shape index (κ3) is 3.82. The fraction of sp³-hybridized carbons (Fsp3) is 0.450. The van der Waals surface area contributed by atoms with Gasteiger partial charge in [0.2, 0.25) is 5.13 Å². The smallest absolute Gasteiger partial charge is 0.261 e. The number of amides is 1. The summed E-state index contributed by atoms with van der Waals surface area (Å²) in [6, 6.07) is 5.07. The fourth-order valence-electron chi connectivity index (χ4n) is 3.52. The molecule has 0 spiro atoms. The number of benzene rings is 1. The fourth-order valence-corrected chi connectivity index (χ4v) is 4.36. The van der Waals surface area contributed by atoms with Crippen molar-refractivity contribution in [2.24, 2.45) is 0 Å². The molecule has 0 atom stereocenters. The minimum Gasteiger partial charge on any atom is -0.296 e. The molecule has 1 amide bonds. The van der Waals surface area contributed by atoms with Crippen molar-refractivity contribution in [3.63, 3.8) is 0 Å². The van der Waals surface area contributed by atoms with Crippen LogP contribution in [0.4, 0.5) is 5.13 Å². The number of hydrogen-bond acceptors (Lipinski definition) is 6. The van der Waals surface area contributed by atoms with Gasteiger partial charge in [-0.1, -0.05) is 31.1 Å². The molecular formula is C20H23N5O2S. The Hall–Kier alpha value is -2.61. The molecule has 8 heteroatoms. The molecule has 3 aromatic rings. The van der Waals surface area contributed by atoms with E-state index in [4.69, 9.17) is 4.98 Å². The van der Waals surface area contributed by atoms with Crippen LogP contribution in [0, 0.1) is 0 Å². The van der Waals surface area contributed by atoms with Crippen LogP contribution >= 0.6 is 11.3 Å². The van der Waals surface area contributed by atoms with E-state index in [2.05, 4.69) is 22.4 Å². The Kier molecular flexibility index (Phi) is 5.47. The maximum absolute atomic E-state index is 12.9. The Morgan fingerprint density at radius 1 is 1.21 bits per heavy atom. The lowest BCUT2D eigenvalue weighted by Crippen LogP contribution is -2.26. The molecule has 0 radical (unpaired) electrons. The highest BCUT2D eigenvalue weighted by Crippen LogP contribution is 2.19. The van der Waals surface area contributed by atoms with Crippen LogP contribution in [0.15, 0.2) is 23.0 Å². The lowest BCUT2D eigenvalue weighted by atomic mass is 10.1. The molecule has 1 N–H and O–H groups in total. The quantitative estimate of drug-likeness (QED) is 0.727. The molecule has 4 rings (SSSR count). The summed E-state index contributed by atoms with van der Waals surface area (Å²) in [6.07, 6.45) is 6.98. The summed E-state index contributed by atoms with van der Waals surface area (Å²) >= 11 is 1.39. The number of anilines is 1. The second kappa shape index (κ2) is 8.18. The van der Waals surface area contributed by atoms with Crippen LogP contribution in [0.1, 0.15) is 60.2 Å². The summed E-state index contributed by atoms with van der Waals surface area (Å²) in [5.74, 6) is 0.554. The first-order chi connectivity index (χ1) is 13.7. The van der Waals surface area contributed by atoms with E-state index >= 15 is 0 Å². The third-order valence-corrected chi connectivity index (χ3v) is 5.88. The Morgan fingerprint density at radius 2 is 2.07 bits per heavy atom. The van der Waals surface area contributed by atoms with Gasteiger partial charge in [0.25, 0.3) is 11.5 Å². The van der Waals surface area contributed by atoms with E-state index < -0.39 is 0 Å². The van der Waals surface area contributed by atoms with Crippen LogP contribution in [-0.2, 0) is 19.4 Å². The molecule has 1 aliphatic heterocycles. The Morgan fingerprint density at radius 3 is 2.93 bits per heavy atom. The molecule has 1 aromatic carbocycles. The predicted octanol–water partition coefficient (Wildman–Crippen LogP) is 3.57. The number of rotatable bonds is 4. The Balaban J connectivity index is 1.63. The summed E-state index contributed by atoms with van der Waals surface area (Å²) in [5.41, 5.74) is 1.03. The number of carbonyl (C=O) groups excluding carboxylic acids is 1. The summed E-state index contributed by atoms with van der Waals surface area (Å²) < 4.78 is 1.80. The molecule has 7 nitrogen and oxygen atoms in total. The van der Waals surface area contributed by atoms with Gasteiger partial charge < -0.3 is 0 Å². The topological polar surface area (TPSA) is 89.8 Å². The lowest BCUT2D eigenvalue weighted by molar-refractivity contribution is 0.102. The second-order valence-corrected chi connectivity index (χ2v) is 8.15. The summed E-state index contributed by atoms with van der Waals surface area (Å²) in [5, 5.41) is 12.8. The molecule has 28 heavy (non-hydrogen) atoms. The molecule has 3 heterocycles. The number of aromatic nitrogens is 4. The molecule has 0 bridgehead atoms. The molecule has 146 valence electrons. The van der Waals surface area contributed by atoms with Crippen molar-refractivity contribution in [2.45, 2.75) is 58.4 Å². The predicted molar refractivity (Wildman–Crippen MR) is 110 cm³/mol. The van der Waals surface area contributed by atoms with Crippen molar-refractivity contribution in [1.29, 1.82) is 0 Å². The van der Waals surface area contributed by atoms with Gasteiger partial charge in [-0.2, -0.15) is 0 Å². The van der Waals surface area contributed by atoms with Crippen molar-refractivity contribution in [1.82, 2.24) is 19.7 Å². The standard InChI is InChI=1S/C20H23N5O2S/c1-2-7-17-23-24-20(28-17)22-18(26)13-9-10-14-15(12-13)21-16-8-5-3-4-6-11-25(16)19(14)27/h9-10,12H,2-8,11H2,1H3,(H,22,24,26). The second-order valence-electron chi connectivity index (χ2n) is 7.09. The first kappa shape index (κ1) is 18.7. The highest BCUT2D eigenvalue weighted by atomic mass is 32.1. The van der Waals surface area contributed by atoms with E-state index in [0.717, 1.165) is 62.3 Å². The highest BCUT2D eigenvalue weighted by Gasteiger charge is 2.16. The number of aryl methyl sites for hydroxylation is 2. The van der Waals surface area contributed by atoms with E-state index in [0.29, 0.717) is 21.6 Å². The SMILES string of the molecule is CCCc1nnc(NC(=O)c2ccc3c(=O)n4c(nc3c2)CCCCCC4)s1. The van der Waals surface area contributed by atoms with Gasteiger partial charge in [-0.15, -0.1) is 10.2 Å². The van der Waals surface area contributed by atoms with Gasteiger partial charge in [-0.05, 0) is 37.5 Å². The van der Waals surface area contributed by atoms with E-state index in [1.54, 1.807) is 22.8 Å². The molecular weight excluding hydrogens is 374 g/mol. The molecule has 0 unspecified atom stereocenters.